The number of H-pyrrole nitrogens is 1. The van der Waals surface area contributed by atoms with Gasteiger partial charge in [-0.1, -0.05) is 11.6 Å². The largest absolute Gasteiger partial charge is 0.294 e. The van der Waals surface area contributed by atoms with E-state index in [9.17, 15) is 21.6 Å². The van der Waals surface area contributed by atoms with Gasteiger partial charge in [0.25, 0.3) is 25.8 Å². The quantitative estimate of drug-likeness (QED) is 0.661. The second-order valence-electron chi connectivity index (χ2n) is 4.73. The van der Waals surface area contributed by atoms with Crippen molar-refractivity contribution >= 4 is 31.8 Å². The smallest absolute Gasteiger partial charge is 0.294 e. The van der Waals surface area contributed by atoms with Crippen LogP contribution in [0.25, 0.3) is 5.69 Å². The van der Waals surface area contributed by atoms with Crippen molar-refractivity contribution in [1.29, 1.82) is 0 Å². The summed E-state index contributed by atoms with van der Waals surface area (Å²) >= 11 is 5.97. The minimum atomic E-state index is -4.47. The molecule has 0 saturated heterocycles. The van der Waals surface area contributed by atoms with Gasteiger partial charge in [0.15, 0.2) is 0 Å². The van der Waals surface area contributed by atoms with Crippen LogP contribution in [0.1, 0.15) is 11.3 Å². The van der Waals surface area contributed by atoms with Crippen molar-refractivity contribution < 1.29 is 25.9 Å². The molecular formula is C11H11ClN2O7S2. The Labute approximate surface area is 136 Å². The molecule has 0 fully saturated rings. The predicted octanol–water partition coefficient (Wildman–Crippen LogP) is 0.762. The van der Waals surface area contributed by atoms with Crippen molar-refractivity contribution in [3.05, 3.63) is 44.8 Å². The molecule has 2 rings (SSSR count). The van der Waals surface area contributed by atoms with E-state index < -0.39 is 36.4 Å². The van der Waals surface area contributed by atoms with Gasteiger partial charge in [-0.2, -0.15) is 16.8 Å². The van der Waals surface area contributed by atoms with Gasteiger partial charge < -0.3 is 0 Å². The Morgan fingerprint density at radius 2 is 1.78 bits per heavy atom. The number of rotatable bonds is 4. The molecular weight excluding hydrogens is 372 g/mol. The van der Waals surface area contributed by atoms with Gasteiger partial charge in [0.05, 0.1) is 21.3 Å². The average Bonchev–Trinajstić information content (AvgIpc) is 2.65. The second-order valence-corrected chi connectivity index (χ2v) is 8.01. The molecule has 0 amide bonds. The van der Waals surface area contributed by atoms with Crippen LogP contribution in [0.2, 0.25) is 5.02 Å². The Morgan fingerprint density at radius 1 is 1.17 bits per heavy atom. The van der Waals surface area contributed by atoms with Crippen LogP contribution in [-0.2, 0) is 26.0 Å². The van der Waals surface area contributed by atoms with Gasteiger partial charge in [0, 0.05) is 6.07 Å². The first-order chi connectivity index (χ1) is 10.4. The Kier molecular flexibility index (Phi) is 4.43. The number of hydrogen-bond acceptors (Lipinski definition) is 5. The molecule has 0 bridgehead atoms. The van der Waals surface area contributed by atoms with Gasteiger partial charge in [-0.25, -0.2) is 4.68 Å². The number of halogens is 1. The maximum Gasteiger partial charge on any atom is 0.294 e. The van der Waals surface area contributed by atoms with Crippen molar-refractivity contribution in [1.82, 2.24) is 9.78 Å². The minimum absolute atomic E-state index is 0.0770. The molecule has 0 atom stereocenters. The zero-order valence-electron chi connectivity index (χ0n) is 11.5. The maximum atomic E-state index is 11.9. The second kappa shape index (κ2) is 5.76. The lowest BCUT2D eigenvalue weighted by molar-refractivity contribution is 0.479. The normalized spacial score (nSPS) is 12.5. The molecule has 0 unspecified atom stereocenters. The summed E-state index contributed by atoms with van der Waals surface area (Å²) in [4.78, 5) is 11.5. The highest BCUT2D eigenvalue weighted by Crippen LogP contribution is 2.27. The lowest BCUT2D eigenvalue weighted by Gasteiger charge is -2.10. The molecule has 9 nitrogen and oxygen atoms in total. The Bertz CT molecular complexity index is 1010. The molecule has 0 aliphatic rings. The lowest BCUT2D eigenvalue weighted by atomic mass is 10.2. The third kappa shape index (κ3) is 4.00. The van der Waals surface area contributed by atoms with E-state index >= 15 is 0 Å². The first-order valence-electron chi connectivity index (χ1n) is 5.92. The van der Waals surface area contributed by atoms with Crippen LogP contribution in [-0.4, -0.2) is 35.7 Å². The summed E-state index contributed by atoms with van der Waals surface area (Å²) in [6.07, 6.45) is 0. The van der Waals surface area contributed by atoms with Gasteiger partial charge in [0.1, 0.15) is 5.75 Å². The van der Waals surface area contributed by atoms with Crippen LogP contribution in [0, 0.1) is 6.92 Å². The number of aryl methyl sites for hydroxylation is 1. The topological polar surface area (TPSA) is 147 Å². The van der Waals surface area contributed by atoms with Crippen LogP contribution in [0.15, 0.2) is 27.9 Å². The van der Waals surface area contributed by atoms with Crippen molar-refractivity contribution in [3.8, 4) is 5.69 Å². The first kappa shape index (κ1) is 17.7. The van der Waals surface area contributed by atoms with E-state index in [-0.39, 0.29) is 22.0 Å². The van der Waals surface area contributed by atoms with E-state index in [0.717, 1.165) is 22.9 Å². The molecule has 12 heteroatoms. The number of aromatic amines is 1. The summed E-state index contributed by atoms with van der Waals surface area (Å²) in [5.41, 5.74) is -0.404. The van der Waals surface area contributed by atoms with Gasteiger partial charge in [-0.15, -0.1) is 0 Å². The number of nitrogens with zero attached hydrogens (tertiary/aromatic N) is 1. The van der Waals surface area contributed by atoms with Crippen LogP contribution in [0.4, 0.5) is 0 Å². The van der Waals surface area contributed by atoms with E-state index in [0.29, 0.717) is 0 Å². The summed E-state index contributed by atoms with van der Waals surface area (Å²) in [5.74, 6) is -0.797. The molecule has 23 heavy (non-hydrogen) atoms. The molecule has 0 radical (unpaired) electrons. The van der Waals surface area contributed by atoms with E-state index in [1.54, 1.807) is 0 Å². The Hall–Kier alpha value is -1.66. The fourth-order valence-corrected chi connectivity index (χ4v) is 3.57. The highest BCUT2D eigenvalue weighted by molar-refractivity contribution is 7.85. The average molecular weight is 383 g/mol. The summed E-state index contributed by atoms with van der Waals surface area (Å²) in [5, 5.41) is 2.31. The van der Waals surface area contributed by atoms with Crippen molar-refractivity contribution in [3.63, 3.8) is 0 Å². The van der Waals surface area contributed by atoms with E-state index in [1.807, 2.05) is 0 Å². The zero-order chi connectivity index (χ0) is 17.6. The number of aromatic nitrogens is 2. The molecule has 3 N–H and O–H groups in total. The molecule has 1 heterocycles. The summed E-state index contributed by atoms with van der Waals surface area (Å²) in [6.45, 7) is 1.45. The summed E-state index contributed by atoms with van der Waals surface area (Å²) in [6, 6.07) is 3.02. The lowest BCUT2D eigenvalue weighted by Crippen LogP contribution is -2.16. The number of hydrogen-bond donors (Lipinski definition) is 3. The van der Waals surface area contributed by atoms with E-state index in [4.69, 9.17) is 20.7 Å². The van der Waals surface area contributed by atoms with Gasteiger partial charge in [-0.3, -0.25) is 19.0 Å². The molecule has 0 spiro atoms. The molecule has 0 aliphatic carbocycles. The SMILES string of the molecule is Cc1cc(S(=O)(=O)O)cc(Cl)c1-n1[nH]c(CS(=O)(=O)O)cc1=O. The first-order valence-corrected chi connectivity index (χ1v) is 9.35. The van der Waals surface area contributed by atoms with Crippen LogP contribution >= 0.6 is 11.6 Å². The van der Waals surface area contributed by atoms with Crippen molar-refractivity contribution in [2.45, 2.75) is 17.6 Å². The predicted molar refractivity (Wildman–Crippen MR) is 81.2 cm³/mol. The van der Waals surface area contributed by atoms with Crippen LogP contribution in [0.3, 0.4) is 0 Å². The van der Waals surface area contributed by atoms with E-state index in [2.05, 4.69) is 5.10 Å². The summed E-state index contributed by atoms with van der Waals surface area (Å²) in [7, 11) is -8.81. The number of nitrogens with one attached hydrogen (secondary N) is 1. The van der Waals surface area contributed by atoms with Gasteiger partial charge >= 0.3 is 0 Å². The maximum absolute atomic E-state index is 11.9. The molecule has 2 aromatic rings. The number of benzene rings is 1. The molecule has 0 aliphatic heterocycles. The van der Waals surface area contributed by atoms with Gasteiger partial charge in [0.2, 0.25) is 0 Å². The minimum Gasteiger partial charge on any atom is -0.294 e. The Balaban J connectivity index is 2.62. The fourth-order valence-electron chi connectivity index (χ4n) is 2.02. The highest BCUT2D eigenvalue weighted by atomic mass is 35.5. The Morgan fingerprint density at radius 3 is 2.26 bits per heavy atom. The van der Waals surface area contributed by atoms with E-state index in [1.165, 1.54) is 6.92 Å². The van der Waals surface area contributed by atoms with Crippen LogP contribution in [0.5, 0.6) is 0 Å². The monoisotopic (exact) mass is 382 g/mol. The molecule has 0 saturated carbocycles. The molecule has 126 valence electrons. The fraction of sp³-hybridized carbons (Fsp3) is 0.182. The van der Waals surface area contributed by atoms with Crippen molar-refractivity contribution in [2.75, 3.05) is 0 Å². The highest BCUT2D eigenvalue weighted by Gasteiger charge is 2.18. The van der Waals surface area contributed by atoms with Crippen molar-refractivity contribution in [2.24, 2.45) is 0 Å². The van der Waals surface area contributed by atoms with Crippen LogP contribution < -0.4 is 5.56 Å². The standard InChI is InChI=1S/C11H11ClN2O7S2/c1-6-2-8(23(19,20)21)4-9(12)11(6)14-10(15)3-7(13-14)5-22(16,17)18/h2-4,13H,5H2,1H3,(H,16,17,18)(H,19,20,21). The molecule has 1 aromatic carbocycles. The van der Waals surface area contributed by atoms with Gasteiger partial charge in [-0.05, 0) is 24.6 Å². The zero-order valence-corrected chi connectivity index (χ0v) is 13.9. The third-order valence-electron chi connectivity index (χ3n) is 2.86. The summed E-state index contributed by atoms with van der Waals surface area (Å²) < 4.78 is 62.7. The molecule has 1 aromatic heterocycles. The third-order valence-corrected chi connectivity index (χ3v) is 4.66.